The third-order valence-electron chi connectivity index (χ3n) is 5.35. The minimum absolute atomic E-state index is 0. The van der Waals surface area contributed by atoms with Gasteiger partial charge in [0.05, 0.1) is 17.9 Å². The fourth-order valence-electron chi connectivity index (χ4n) is 3.48. The molecular formula is C18H26ClN3O3. The van der Waals surface area contributed by atoms with Crippen molar-refractivity contribution in [3.05, 3.63) is 29.3 Å². The minimum atomic E-state index is -0.528. The van der Waals surface area contributed by atoms with Gasteiger partial charge in [0.25, 0.3) is 0 Å². The van der Waals surface area contributed by atoms with Crippen molar-refractivity contribution in [1.82, 2.24) is 5.32 Å². The molecule has 0 spiro atoms. The number of hydrogen-bond acceptors (Lipinski definition) is 4. The molecule has 0 aromatic heterocycles. The van der Waals surface area contributed by atoms with Gasteiger partial charge in [-0.1, -0.05) is 12.1 Å². The highest BCUT2D eigenvalue weighted by Crippen LogP contribution is 2.32. The first-order valence-corrected chi connectivity index (χ1v) is 8.45. The molecule has 3 rings (SSSR count). The summed E-state index contributed by atoms with van der Waals surface area (Å²) in [7, 11) is 1.79. The first-order chi connectivity index (χ1) is 11.5. The summed E-state index contributed by atoms with van der Waals surface area (Å²) >= 11 is 0. The lowest BCUT2D eigenvalue weighted by Gasteiger charge is -2.35. The van der Waals surface area contributed by atoms with Crippen LogP contribution in [-0.4, -0.2) is 38.6 Å². The third-order valence-corrected chi connectivity index (χ3v) is 5.35. The second-order valence-corrected chi connectivity index (χ2v) is 6.81. The predicted molar refractivity (Wildman–Crippen MR) is 98.9 cm³/mol. The lowest BCUT2D eigenvalue weighted by molar-refractivity contribution is -0.136. The summed E-state index contributed by atoms with van der Waals surface area (Å²) in [5.74, 6) is 0.0950. The minimum Gasteiger partial charge on any atom is -0.381 e. The van der Waals surface area contributed by atoms with Crippen molar-refractivity contribution in [2.75, 3.05) is 31.7 Å². The summed E-state index contributed by atoms with van der Waals surface area (Å²) in [5, 5.41) is 3.10. The van der Waals surface area contributed by atoms with Crippen molar-refractivity contribution in [3.8, 4) is 0 Å². The van der Waals surface area contributed by atoms with Crippen molar-refractivity contribution in [1.29, 1.82) is 0 Å². The average molecular weight is 368 g/mol. The summed E-state index contributed by atoms with van der Waals surface area (Å²) in [5.41, 5.74) is 8.34. The topological polar surface area (TPSA) is 84.7 Å². The summed E-state index contributed by atoms with van der Waals surface area (Å²) < 4.78 is 5.36. The quantitative estimate of drug-likeness (QED) is 0.845. The van der Waals surface area contributed by atoms with Crippen LogP contribution in [0.2, 0.25) is 0 Å². The Hall–Kier alpha value is -1.63. The van der Waals surface area contributed by atoms with E-state index in [1.807, 2.05) is 25.1 Å². The van der Waals surface area contributed by atoms with Gasteiger partial charge in [0.2, 0.25) is 11.8 Å². The van der Waals surface area contributed by atoms with Gasteiger partial charge in [0.1, 0.15) is 0 Å². The Bertz CT molecular complexity index is 659. The van der Waals surface area contributed by atoms with Crippen LogP contribution in [0.1, 0.15) is 36.9 Å². The van der Waals surface area contributed by atoms with E-state index in [4.69, 9.17) is 10.5 Å². The van der Waals surface area contributed by atoms with Gasteiger partial charge < -0.3 is 20.7 Å². The van der Waals surface area contributed by atoms with Gasteiger partial charge in [0.15, 0.2) is 0 Å². The number of nitrogens with two attached hydrogens (primary N) is 1. The van der Waals surface area contributed by atoms with Crippen molar-refractivity contribution >= 4 is 29.9 Å². The number of nitrogens with one attached hydrogen (secondary N) is 1. The molecule has 2 amide bonds. The zero-order valence-corrected chi connectivity index (χ0v) is 15.5. The second kappa shape index (κ2) is 7.72. The van der Waals surface area contributed by atoms with Gasteiger partial charge in [-0.15, -0.1) is 12.4 Å². The number of carbonyl (C=O) groups is 2. The van der Waals surface area contributed by atoms with Crippen LogP contribution < -0.4 is 16.0 Å². The summed E-state index contributed by atoms with van der Waals surface area (Å²) in [4.78, 5) is 26.2. The van der Waals surface area contributed by atoms with E-state index in [2.05, 4.69) is 5.32 Å². The zero-order chi connectivity index (χ0) is 17.3. The maximum atomic E-state index is 12.8. The molecule has 1 saturated heterocycles. The maximum absolute atomic E-state index is 12.8. The van der Waals surface area contributed by atoms with E-state index in [1.165, 1.54) is 0 Å². The van der Waals surface area contributed by atoms with Gasteiger partial charge in [0, 0.05) is 32.5 Å². The van der Waals surface area contributed by atoms with Gasteiger partial charge in [-0.25, -0.2) is 0 Å². The number of likely N-dealkylation sites (N-methyl/N-ethyl adjacent to an activating group) is 1. The van der Waals surface area contributed by atoms with Gasteiger partial charge in [-0.3, -0.25) is 9.59 Å². The molecule has 0 radical (unpaired) electrons. The molecule has 25 heavy (non-hydrogen) atoms. The van der Waals surface area contributed by atoms with Crippen LogP contribution in [0.3, 0.4) is 0 Å². The van der Waals surface area contributed by atoms with Gasteiger partial charge >= 0.3 is 0 Å². The fourth-order valence-corrected chi connectivity index (χ4v) is 3.48. The normalized spacial score (nSPS) is 19.8. The van der Waals surface area contributed by atoms with Crippen molar-refractivity contribution in [2.24, 2.45) is 11.1 Å². The molecule has 0 bridgehead atoms. The van der Waals surface area contributed by atoms with Crippen molar-refractivity contribution in [3.63, 3.8) is 0 Å². The second-order valence-electron chi connectivity index (χ2n) is 6.81. The van der Waals surface area contributed by atoms with Crippen molar-refractivity contribution in [2.45, 2.75) is 32.2 Å². The molecule has 2 aliphatic rings. The van der Waals surface area contributed by atoms with Crippen LogP contribution in [0.4, 0.5) is 5.69 Å². The molecule has 0 aliphatic carbocycles. The monoisotopic (exact) mass is 367 g/mol. The number of ether oxygens (including phenoxy) is 1. The summed E-state index contributed by atoms with van der Waals surface area (Å²) in [6.07, 6.45) is 1.74. The third kappa shape index (κ3) is 3.66. The predicted octanol–water partition coefficient (Wildman–Crippen LogP) is 1.56. The van der Waals surface area contributed by atoms with E-state index >= 15 is 0 Å². The Morgan fingerprint density at radius 2 is 2.08 bits per heavy atom. The molecule has 1 unspecified atom stereocenters. The molecule has 1 fully saturated rings. The lowest BCUT2D eigenvalue weighted by Crippen LogP contribution is -2.49. The molecule has 1 aromatic carbocycles. The molecule has 1 atom stereocenters. The number of hydrogen-bond donors (Lipinski definition) is 2. The Morgan fingerprint density at radius 1 is 1.40 bits per heavy atom. The standard InChI is InChI=1S/C18H25N3O3.ClH/c1-12(20-17(23)18(11-19)5-7-24-8-6-18)13-3-4-15-14(9-13)10-16(22)21(15)2;/h3-4,9,12H,5-8,10-11,19H2,1-2H3,(H,20,23);1H. The van der Waals surface area contributed by atoms with Crippen LogP contribution in [0.15, 0.2) is 18.2 Å². The molecule has 1 aromatic rings. The largest absolute Gasteiger partial charge is 0.381 e. The number of halogens is 1. The van der Waals surface area contributed by atoms with Crippen LogP contribution in [-0.2, 0) is 20.7 Å². The smallest absolute Gasteiger partial charge is 0.231 e. The first kappa shape index (κ1) is 19.7. The lowest BCUT2D eigenvalue weighted by atomic mass is 9.79. The van der Waals surface area contributed by atoms with E-state index in [0.29, 0.717) is 39.0 Å². The first-order valence-electron chi connectivity index (χ1n) is 8.45. The van der Waals surface area contributed by atoms with E-state index < -0.39 is 5.41 Å². The number of fused-ring (bicyclic) bond motifs is 1. The Kier molecular flexibility index (Phi) is 6.08. The van der Waals surface area contributed by atoms with Crippen LogP contribution in [0.5, 0.6) is 0 Å². The zero-order valence-electron chi connectivity index (χ0n) is 14.7. The highest BCUT2D eigenvalue weighted by molar-refractivity contribution is 6.01. The number of benzene rings is 1. The molecule has 0 saturated carbocycles. The molecule has 3 N–H and O–H groups in total. The Balaban J connectivity index is 0.00000225. The number of nitrogens with zero attached hydrogens (tertiary/aromatic N) is 1. The highest BCUT2D eigenvalue weighted by Gasteiger charge is 2.39. The molecular weight excluding hydrogens is 342 g/mol. The number of carbonyl (C=O) groups excluding carboxylic acids is 2. The number of anilines is 1. The van der Waals surface area contributed by atoms with Crippen molar-refractivity contribution < 1.29 is 14.3 Å². The fraction of sp³-hybridized carbons (Fsp3) is 0.556. The number of amides is 2. The molecule has 7 heteroatoms. The molecule has 6 nitrogen and oxygen atoms in total. The van der Waals surface area contributed by atoms with Crippen LogP contribution in [0.25, 0.3) is 0 Å². The molecule has 2 heterocycles. The highest BCUT2D eigenvalue weighted by atomic mass is 35.5. The maximum Gasteiger partial charge on any atom is 0.231 e. The van der Waals surface area contributed by atoms with E-state index in [1.54, 1.807) is 11.9 Å². The van der Waals surface area contributed by atoms with Crippen LogP contribution in [0, 0.1) is 5.41 Å². The molecule has 2 aliphatic heterocycles. The van der Waals surface area contributed by atoms with E-state index in [0.717, 1.165) is 16.8 Å². The number of rotatable bonds is 4. The van der Waals surface area contributed by atoms with E-state index in [9.17, 15) is 9.59 Å². The van der Waals surface area contributed by atoms with Crippen LogP contribution >= 0.6 is 12.4 Å². The summed E-state index contributed by atoms with van der Waals surface area (Å²) in [6.45, 7) is 3.45. The van der Waals surface area contributed by atoms with Gasteiger partial charge in [-0.05, 0) is 37.0 Å². The van der Waals surface area contributed by atoms with Gasteiger partial charge in [-0.2, -0.15) is 0 Å². The molecule has 138 valence electrons. The SMILES string of the molecule is CC(NC(=O)C1(CN)CCOCC1)c1ccc2c(c1)CC(=O)N2C.Cl. The summed E-state index contributed by atoms with van der Waals surface area (Å²) in [6, 6.07) is 5.81. The Labute approximate surface area is 154 Å². The average Bonchev–Trinajstić information content (AvgIpc) is 2.89. The Morgan fingerprint density at radius 3 is 2.72 bits per heavy atom. The van der Waals surface area contributed by atoms with E-state index in [-0.39, 0.29) is 30.3 Å².